The van der Waals surface area contributed by atoms with Gasteiger partial charge in [-0.25, -0.2) is 0 Å². The maximum atomic E-state index is 12.6. The Morgan fingerprint density at radius 2 is 1.68 bits per heavy atom. The van der Waals surface area contributed by atoms with Crippen LogP contribution < -0.4 is 10.2 Å². The fourth-order valence-electron chi connectivity index (χ4n) is 3.36. The van der Waals surface area contributed by atoms with Crippen molar-refractivity contribution in [2.45, 2.75) is 26.8 Å². The molecule has 4 nitrogen and oxygen atoms in total. The first-order valence-electron chi connectivity index (χ1n) is 8.97. The van der Waals surface area contributed by atoms with Gasteiger partial charge >= 0.3 is 0 Å². The summed E-state index contributed by atoms with van der Waals surface area (Å²) in [4.78, 5) is 17.3. The first kappa shape index (κ1) is 17.5. The molecule has 0 aromatic heterocycles. The average molecular weight is 337 g/mol. The van der Waals surface area contributed by atoms with Gasteiger partial charge in [0.1, 0.15) is 0 Å². The molecule has 1 heterocycles. The lowest BCUT2D eigenvalue weighted by Gasteiger charge is -2.38. The number of carbonyl (C=O) groups is 1. The number of carbonyl (C=O) groups excluding carboxylic acids is 1. The van der Waals surface area contributed by atoms with Crippen LogP contribution in [-0.4, -0.2) is 43.0 Å². The molecule has 0 saturated carbocycles. The summed E-state index contributed by atoms with van der Waals surface area (Å²) < 4.78 is 0. The van der Waals surface area contributed by atoms with Crippen molar-refractivity contribution in [2.24, 2.45) is 0 Å². The van der Waals surface area contributed by atoms with Gasteiger partial charge in [-0.1, -0.05) is 35.9 Å². The summed E-state index contributed by atoms with van der Waals surface area (Å²) in [6.07, 6.45) is 0. The van der Waals surface area contributed by atoms with E-state index in [1.165, 1.54) is 11.3 Å². The molecule has 1 fully saturated rings. The van der Waals surface area contributed by atoms with Gasteiger partial charge in [-0.2, -0.15) is 0 Å². The fraction of sp³-hybridized carbons (Fsp3) is 0.381. The minimum atomic E-state index is -0.126. The highest BCUT2D eigenvalue weighted by Crippen LogP contribution is 2.19. The number of hydrogen-bond donors (Lipinski definition) is 1. The summed E-state index contributed by atoms with van der Waals surface area (Å²) in [6, 6.07) is 16.5. The van der Waals surface area contributed by atoms with Gasteiger partial charge in [0.05, 0.1) is 6.04 Å². The summed E-state index contributed by atoms with van der Waals surface area (Å²) in [5, 5.41) is 3.08. The first-order chi connectivity index (χ1) is 12.0. The van der Waals surface area contributed by atoms with Gasteiger partial charge in [-0.05, 0) is 44.5 Å². The van der Waals surface area contributed by atoms with Crippen LogP contribution in [0.3, 0.4) is 0 Å². The molecule has 25 heavy (non-hydrogen) atoms. The van der Waals surface area contributed by atoms with E-state index in [0.29, 0.717) is 0 Å². The number of amides is 1. The fourth-order valence-corrected chi connectivity index (χ4v) is 3.36. The third-order valence-corrected chi connectivity index (χ3v) is 5.00. The number of aryl methyl sites for hydroxylation is 2. The van der Waals surface area contributed by atoms with E-state index in [9.17, 15) is 4.79 Å². The van der Waals surface area contributed by atoms with Crippen LogP contribution in [0.15, 0.2) is 48.5 Å². The van der Waals surface area contributed by atoms with Crippen LogP contribution in [0.1, 0.15) is 18.1 Å². The van der Waals surface area contributed by atoms with E-state index >= 15 is 0 Å². The number of hydrogen-bond acceptors (Lipinski definition) is 3. The Balaban J connectivity index is 1.56. The van der Waals surface area contributed by atoms with Gasteiger partial charge in [-0.3, -0.25) is 9.69 Å². The van der Waals surface area contributed by atoms with Crippen molar-refractivity contribution in [3.63, 3.8) is 0 Å². The molecule has 0 spiro atoms. The first-order valence-corrected chi connectivity index (χ1v) is 8.97. The second kappa shape index (κ2) is 7.70. The Morgan fingerprint density at radius 3 is 2.32 bits per heavy atom. The summed E-state index contributed by atoms with van der Waals surface area (Å²) >= 11 is 0. The highest BCUT2D eigenvalue weighted by atomic mass is 16.2. The minimum Gasteiger partial charge on any atom is -0.369 e. The quantitative estimate of drug-likeness (QED) is 0.928. The molecule has 4 heteroatoms. The zero-order valence-corrected chi connectivity index (χ0v) is 15.3. The highest BCUT2D eigenvalue weighted by molar-refractivity contribution is 5.95. The predicted octanol–water partition coefficient (Wildman–Crippen LogP) is 3.45. The molecule has 2 aromatic carbocycles. The lowest BCUT2D eigenvalue weighted by Crippen LogP contribution is -2.52. The summed E-state index contributed by atoms with van der Waals surface area (Å²) in [6.45, 7) is 9.79. The van der Waals surface area contributed by atoms with Crippen LogP contribution in [0.5, 0.6) is 0 Å². The molecule has 132 valence electrons. The van der Waals surface area contributed by atoms with E-state index in [4.69, 9.17) is 0 Å². The third kappa shape index (κ3) is 4.20. The van der Waals surface area contributed by atoms with Gasteiger partial charge in [-0.15, -0.1) is 0 Å². The molecule has 3 rings (SSSR count). The van der Waals surface area contributed by atoms with Gasteiger partial charge in [0.2, 0.25) is 5.91 Å². The molecule has 1 aliphatic heterocycles. The molecule has 0 aliphatic carbocycles. The maximum absolute atomic E-state index is 12.6. The van der Waals surface area contributed by atoms with E-state index in [1.807, 2.05) is 32.0 Å². The van der Waals surface area contributed by atoms with Crippen LogP contribution in [0.2, 0.25) is 0 Å². The molecule has 1 N–H and O–H groups in total. The number of benzene rings is 2. The van der Waals surface area contributed by atoms with E-state index in [-0.39, 0.29) is 11.9 Å². The van der Waals surface area contributed by atoms with Crippen molar-refractivity contribution in [3.8, 4) is 0 Å². The molecule has 1 amide bonds. The van der Waals surface area contributed by atoms with Gasteiger partial charge < -0.3 is 10.2 Å². The van der Waals surface area contributed by atoms with Crippen LogP contribution in [0.4, 0.5) is 11.4 Å². The van der Waals surface area contributed by atoms with Gasteiger partial charge in [0.15, 0.2) is 0 Å². The number of nitrogens with one attached hydrogen (secondary N) is 1. The highest BCUT2D eigenvalue weighted by Gasteiger charge is 2.25. The number of anilines is 2. The number of rotatable bonds is 4. The minimum absolute atomic E-state index is 0.0696. The van der Waals surface area contributed by atoms with Crippen LogP contribution in [0, 0.1) is 13.8 Å². The number of para-hydroxylation sites is 1. The Hall–Kier alpha value is -2.33. The summed E-state index contributed by atoms with van der Waals surface area (Å²) in [5.74, 6) is 0.0696. The molecule has 0 unspecified atom stereocenters. The second-order valence-corrected chi connectivity index (χ2v) is 6.84. The Bertz CT molecular complexity index is 721. The molecular formula is C21H27N3O. The predicted molar refractivity (Wildman–Crippen MR) is 104 cm³/mol. The van der Waals surface area contributed by atoms with Crippen molar-refractivity contribution in [1.29, 1.82) is 0 Å². The van der Waals surface area contributed by atoms with Crippen LogP contribution >= 0.6 is 0 Å². The van der Waals surface area contributed by atoms with Crippen molar-refractivity contribution in [1.82, 2.24) is 4.90 Å². The van der Waals surface area contributed by atoms with Crippen molar-refractivity contribution in [3.05, 3.63) is 59.7 Å². The Morgan fingerprint density at radius 1 is 1.00 bits per heavy atom. The zero-order valence-electron chi connectivity index (χ0n) is 15.3. The van der Waals surface area contributed by atoms with Crippen molar-refractivity contribution >= 4 is 17.3 Å². The van der Waals surface area contributed by atoms with Crippen molar-refractivity contribution < 1.29 is 4.79 Å². The van der Waals surface area contributed by atoms with Crippen LogP contribution in [-0.2, 0) is 4.79 Å². The number of nitrogens with zero attached hydrogens (tertiary/aromatic N) is 2. The normalized spacial score (nSPS) is 16.5. The van der Waals surface area contributed by atoms with E-state index in [1.54, 1.807) is 0 Å². The zero-order chi connectivity index (χ0) is 17.8. The van der Waals surface area contributed by atoms with Gasteiger partial charge in [0.25, 0.3) is 0 Å². The summed E-state index contributed by atoms with van der Waals surface area (Å²) in [7, 11) is 0. The van der Waals surface area contributed by atoms with E-state index < -0.39 is 0 Å². The van der Waals surface area contributed by atoms with Gasteiger partial charge in [0, 0.05) is 37.6 Å². The Kier molecular flexibility index (Phi) is 5.39. The smallest absolute Gasteiger partial charge is 0.241 e. The van der Waals surface area contributed by atoms with Crippen LogP contribution in [0.25, 0.3) is 0 Å². The lowest BCUT2D eigenvalue weighted by atomic mass is 10.1. The molecule has 1 aliphatic rings. The molecule has 0 bridgehead atoms. The molecule has 0 radical (unpaired) electrons. The van der Waals surface area contributed by atoms with E-state index in [0.717, 1.165) is 37.4 Å². The largest absolute Gasteiger partial charge is 0.369 e. The SMILES string of the molecule is Cc1ccc(NC(=O)[C@H](C)N2CCN(c3ccccc3)CC2)c(C)c1. The Labute approximate surface area is 150 Å². The summed E-state index contributed by atoms with van der Waals surface area (Å²) in [5.41, 5.74) is 4.48. The molecule has 1 saturated heterocycles. The standard InChI is InChI=1S/C21H27N3O/c1-16-9-10-20(17(2)15-16)22-21(25)18(3)23-11-13-24(14-12-23)19-7-5-4-6-8-19/h4-10,15,18H,11-14H2,1-3H3,(H,22,25)/t18-/m0/s1. The number of piperazine rings is 1. The topological polar surface area (TPSA) is 35.6 Å². The second-order valence-electron chi connectivity index (χ2n) is 6.84. The van der Waals surface area contributed by atoms with E-state index in [2.05, 4.69) is 52.4 Å². The molecule has 2 aromatic rings. The van der Waals surface area contributed by atoms with Crippen molar-refractivity contribution in [2.75, 3.05) is 36.4 Å². The lowest BCUT2D eigenvalue weighted by molar-refractivity contribution is -0.120. The molecular weight excluding hydrogens is 310 g/mol. The monoisotopic (exact) mass is 337 g/mol. The maximum Gasteiger partial charge on any atom is 0.241 e. The average Bonchev–Trinajstić information content (AvgIpc) is 2.64. The third-order valence-electron chi connectivity index (χ3n) is 5.00. The molecule has 1 atom stereocenters.